The summed E-state index contributed by atoms with van der Waals surface area (Å²) < 4.78 is 40.9. The highest BCUT2D eigenvalue weighted by Crippen LogP contribution is 2.42. The van der Waals surface area contributed by atoms with Gasteiger partial charge in [0.25, 0.3) is 5.91 Å². The van der Waals surface area contributed by atoms with Gasteiger partial charge >= 0.3 is 0 Å². The zero-order chi connectivity index (χ0) is 31.3. The van der Waals surface area contributed by atoms with Crippen molar-refractivity contribution in [3.05, 3.63) is 51.9 Å². The molecule has 1 aliphatic heterocycles. The Morgan fingerprint density at radius 2 is 1.86 bits per heavy atom. The minimum absolute atomic E-state index is 0.248. The predicted molar refractivity (Wildman–Crippen MR) is 175 cm³/mol. The van der Waals surface area contributed by atoms with E-state index in [-0.39, 0.29) is 22.7 Å². The van der Waals surface area contributed by atoms with Crippen LogP contribution in [0.25, 0.3) is 27.6 Å². The lowest BCUT2D eigenvalue weighted by atomic mass is 9.81. The van der Waals surface area contributed by atoms with Gasteiger partial charge in [0.2, 0.25) is 10.0 Å². The quantitative estimate of drug-likeness (QED) is 0.248. The molecule has 9 heteroatoms. The van der Waals surface area contributed by atoms with Crippen LogP contribution in [0.15, 0.2) is 24.8 Å². The molecule has 43 heavy (non-hydrogen) atoms. The van der Waals surface area contributed by atoms with E-state index in [1.807, 2.05) is 25.1 Å². The maximum atomic E-state index is 13.8. The topological polar surface area (TPSA) is 94.6 Å². The summed E-state index contributed by atoms with van der Waals surface area (Å²) in [5.41, 5.74) is 4.19. The summed E-state index contributed by atoms with van der Waals surface area (Å²) in [6.07, 6.45) is 6.61. The Kier molecular flexibility index (Phi) is 8.57. The molecule has 0 bridgehead atoms. The van der Waals surface area contributed by atoms with Crippen LogP contribution in [0.3, 0.4) is 0 Å². The molecule has 0 atom stereocenters. The second-order valence-electron chi connectivity index (χ2n) is 13.4. The monoisotopic (exact) mass is 624 g/mol. The average Bonchev–Trinajstić information content (AvgIpc) is 3.72. The van der Waals surface area contributed by atoms with Crippen LogP contribution in [0.1, 0.15) is 98.6 Å². The Bertz CT molecular complexity index is 1670. The van der Waals surface area contributed by atoms with E-state index in [1.165, 1.54) is 5.56 Å². The Balaban J connectivity index is 1.62. The summed E-state index contributed by atoms with van der Waals surface area (Å²) in [6.45, 7) is 19.1. The lowest BCUT2D eigenvalue weighted by Crippen LogP contribution is -2.46. The van der Waals surface area contributed by atoms with Crippen LogP contribution in [0.4, 0.5) is 0 Å². The van der Waals surface area contributed by atoms with Crippen LogP contribution in [0.5, 0.6) is 5.75 Å². The third-order valence-electron chi connectivity index (χ3n) is 8.38. The third kappa shape index (κ3) is 6.69. The van der Waals surface area contributed by atoms with E-state index >= 15 is 0 Å². The van der Waals surface area contributed by atoms with E-state index in [1.54, 1.807) is 17.4 Å². The third-order valence-corrected chi connectivity index (χ3v) is 11.5. The molecular weight excluding hydrogens is 581 g/mol. The number of hydrogen-bond acceptors (Lipinski definition) is 7. The minimum atomic E-state index is -3.77. The molecule has 2 aliphatic rings. The van der Waals surface area contributed by atoms with Gasteiger partial charge in [-0.05, 0) is 108 Å². The Labute approximate surface area is 260 Å². The molecule has 1 saturated carbocycles. The molecule has 1 saturated heterocycles. The first-order chi connectivity index (χ1) is 20.1. The van der Waals surface area contributed by atoms with Gasteiger partial charge in [-0.2, -0.15) is 0 Å². The van der Waals surface area contributed by atoms with Crippen LogP contribution in [-0.4, -0.2) is 42.4 Å². The number of sulfonamides is 1. The van der Waals surface area contributed by atoms with Crippen LogP contribution >= 0.6 is 11.3 Å². The molecule has 1 aliphatic carbocycles. The first-order valence-corrected chi connectivity index (χ1v) is 17.6. The molecule has 0 spiro atoms. The van der Waals surface area contributed by atoms with E-state index in [9.17, 15) is 13.2 Å². The Morgan fingerprint density at radius 3 is 2.47 bits per heavy atom. The Hall–Kier alpha value is -2.75. The number of carbonyl (C=O) groups excluding carboxylic acids is 1. The summed E-state index contributed by atoms with van der Waals surface area (Å²) >= 11 is 1.60. The summed E-state index contributed by atoms with van der Waals surface area (Å²) in [7, 11) is -3.77. The number of aryl methyl sites for hydroxylation is 1. The van der Waals surface area contributed by atoms with Gasteiger partial charge in [-0.25, -0.2) is 18.1 Å². The number of pyridine rings is 1. The van der Waals surface area contributed by atoms with Crippen LogP contribution in [0, 0.1) is 19.8 Å². The maximum Gasteiger partial charge on any atom is 0.265 e. The molecule has 3 heterocycles. The minimum Gasteiger partial charge on any atom is -0.493 e. The highest BCUT2D eigenvalue weighted by Gasteiger charge is 2.40. The first kappa shape index (κ1) is 31.7. The second kappa shape index (κ2) is 11.6. The molecule has 5 rings (SSSR count). The molecule has 2 fully saturated rings. The number of carbonyl (C=O) groups is 1. The highest BCUT2D eigenvalue weighted by molar-refractivity contribution is 7.91. The van der Waals surface area contributed by atoms with E-state index in [0.29, 0.717) is 41.8 Å². The SMILES string of the molecule is C=Cc1sc(-c2cc(C(=O)NS(=O)(=O)C3CC3)c3c(OCC4CC(C)(C)OC(C)(C)C4)ccc(C)c3n2)c(C)c1CCC. The molecule has 1 aromatic carbocycles. The van der Waals surface area contributed by atoms with Gasteiger partial charge in [-0.15, -0.1) is 11.3 Å². The predicted octanol–water partition coefficient (Wildman–Crippen LogP) is 7.76. The van der Waals surface area contributed by atoms with Crippen LogP contribution < -0.4 is 9.46 Å². The summed E-state index contributed by atoms with van der Waals surface area (Å²) in [4.78, 5) is 21.0. The number of amides is 1. The summed E-state index contributed by atoms with van der Waals surface area (Å²) in [5.74, 6) is 0.117. The van der Waals surface area contributed by atoms with Gasteiger partial charge in [-0.1, -0.05) is 32.1 Å². The highest BCUT2D eigenvalue weighted by atomic mass is 32.2. The summed E-state index contributed by atoms with van der Waals surface area (Å²) in [5, 5.41) is 0.0118. The molecule has 0 unspecified atom stereocenters. The standard InChI is InChI=1S/C34H44N2O5S2/c1-9-11-24-21(4)31(42-28(24)10-2)26-16-25(32(37)36-43(38,39)23-13-14-23)29-27(15-12-20(3)30(29)35-26)40-19-22-17-33(5,6)41-34(7,8)18-22/h10,12,15-16,22-23H,2,9,11,13-14,17-19H2,1,3-8H3,(H,36,37). The van der Waals surface area contributed by atoms with E-state index < -0.39 is 21.2 Å². The average molecular weight is 625 g/mol. The number of rotatable bonds is 10. The molecule has 7 nitrogen and oxygen atoms in total. The summed E-state index contributed by atoms with van der Waals surface area (Å²) in [6, 6.07) is 5.55. The molecule has 3 aromatic rings. The van der Waals surface area contributed by atoms with E-state index in [2.05, 4.69) is 52.8 Å². The fourth-order valence-corrected chi connectivity index (χ4v) is 9.12. The number of nitrogens with one attached hydrogen (secondary N) is 1. The van der Waals surface area contributed by atoms with Crippen molar-refractivity contribution in [2.45, 2.75) is 103 Å². The van der Waals surface area contributed by atoms with E-state index in [0.717, 1.165) is 46.6 Å². The van der Waals surface area contributed by atoms with Crippen molar-refractivity contribution in [1.82, 2.24) is 9.71 Å². The van der Waals surface area contributed by atoms with Crippen molar-refractivity contribution in [2.24, 2.45) is 5.92 Å². The number of benzene rings is 1. The van der Waals surface area contributed by atoms with Crippen molar-refractivity contribution >= 4 is 44.2 Å². The molecule has 232 valence electrons. The lowest BCUT2D eigenvalue weighted by molar-refractivity contribution is -0.175. The molecule has 1 N–H and O–H groups in total. The Morgan fingerprint density at radius 1 is 1.19 bits per heavy atom. The van der Waals surface area contributed by atoms with Gasteiger partial charge in [-0.3, -0.25) is 4.79 Å². The van der Waals surface area contributed by atoms with Crippen molar-refractivity contribution in [1.29, 1.82) is 0 Å². The largest absolute Gasteiger partial charge is 0.493 e. The normalized spacial score (nSPS) is 18.5. The van der Waals surface area contributed by atoms with Crippen molar-refractivity contribution < 1.29 is 22.7 Å². The number of fused-ring (bicyclic) bond motifs is 1. The number of nitrogens with zero attached hydrogens (tertiary/aromatic N) is 1. The molecular formula is C34H44N2O5S2. The number of aromatic nitrogens is 1. The van der Waals surface area contributed by atoms with Crippen molar-refractivity contribution in [3.63, 3.8) is 0 Å². The molecule has 2 aromatic heterocycles. The zero-order valence-corrected chi connectivity index (χ0v) is 28.1. The second-order valence-corrected chi connectivity index (χ2v) is 16.4. The smallest absolute Gasteiger partial charge is 0.265 e. The van der Waals surface area contributed by atoms with Crippen molar-refractivity contribution in [2.75, 3.05) is 6.61 Å². The number of hydrogen-bond donors (Lipinski definition) is 1. The van der Waals surface area contributed by atoms with Gasteiger partial charge < -0.3 is 9.47 Å². The van der Waals surface area contributed by atoms with Crippen molar-refractivity contribution in [3.8, 4) is 16.3 Å². The lowest BCUT2D eigenvalue weighted by Gasteiger charge is -2.45. The number of ether oxygens (including phenoxy) is 2. The first-order valence-electron chi connectivity index (χ1n) is 15.2. The molecule has 0 radical (unpaired) electrons. The number of thiophene rings is 1. The van der Waals surface area contributed by atoms with Gasteiger partial charge in [0, 0.05) is 4.88 Å². The van der Waals surface area contributed by atoms with Gasteiger partial charge in [0.1, 0.15) is 5.75 Å². The fraction of sp³-hybridized carbons (Fsp3) is 0.529. The van der Waals surface area contributed by atoms with Gasteiger partial charge in [0.15, 0.2) is 0 Å². The van der Waals surface area contributed by atoms with Gasteiger partial charge in [0.05, 0.1) is 50.1 Å². The maximum absolute atomic E-state index is 13.8. The fourth-order valence-electron chi connectivity index (χ4n) is 6.66. The van der Waals surface area contributed by atoms with E-state index in [4.69, 9.17) is 14.5 Å². The van der Waals surface area contributed by atoms with Crippen LogP contribution in [-0.2, 0) is 21.2 Å². The molecule has 1 amide bonds. The van der Waals surface area contributed by atoms with Crippen LogP contribution in [0.2, 0.25) is 0 Å². The zero-order valence-electron chi connectivity index (χ0n) is 26.4.